The lowest BCUT2D eigenvalue weighted by Gasteiger charge is -2.27. The van der Waals surface area contributed by atoms with Crippen LogP contribution >= 0.6 is 11.6 Å². The van der Waals surface area contributed by atoms with Crippen molar-refractivity contribution < 1.29 is 4.74 Å². The van der Waals surface area contributed by atoms with Crippen LogP contribution in [0, 0.1) is 11.3 Å². The monoisotopic (exact) mass is 284 g/mol. The van der Waals surface area contributed by atoms with Gasteiger partial charge in [-0.2, -0.15) is 5.26 Å². The second-order valence-electron chi connectivity index (χ2n) is 4.68. The number of halogens is 1. The average Bonchev–Trinajstić information content (AvgIpc) is 2.50. The zero-order valence-corrected chi connectivity index (χ0v) is 11.5. The van der Waals surface area contributed by atoms with E-state index in [9.17, 15) is 0 Å². The van der Waals surface area contributed by atoms with Gasteiger partial charge in [0.15, 0.2) is 0 Å². The second-order valence-corrected chi connectivity index (χ2v) is 5.09. The number of fused-ring (bicyclic) bond motifs is 1. The van der Waals surface area contributed by atoms with Crippen molar-refractivity contribution in [2.24, 2.45) is 0 Å². The van der Waals surface area contributed by atoms with Crippen LogP contribution in [0.1, 0.15) is 23.6 Å². The number of nitrogens with zero attached hydrogens (tertiary/aromatic N) is 1. The van der Waals surface area contributed by atoms with Crippen molar-refractivity contribution in [2.45, 2.75) is 12.5 Å². The minimum atomic E-state index is 0.145. The van der Waals surface area contributed by atoms with Crippen LogP contribution < -0.4 is 10.1 Å². The van der Waals surface area contributed by atoms with Gasteiger partial charge in [0.25, 0.3) is 0 Å². The summed E-state index contributed by atoms with van der Waals surface area (Å²) in [6.07, 6.45) is 0.865. The van der Waals surface area contributed by atoms with E-state index in [1.807, 2.05) is 24.3 Å². The van der Waals surface area contributed by atoms with Crippen molar-refractivity contribution in [2.75, 3.05) is 11.9 Å². The first-order valence-corrected chi connectivity index (χ1v) is 6.83. The molecule has 3 nitrogen and oxygen atoms in total. The van der Waals surface area contributed by atoms with E-state index in [2.05, 4.69) is 11.4 Å². The summed E-state index contributed by atoms with van der Waals surface area (Å²) in [6, 6.07) is 15.5. The Bertz CT molecular complexity index is 678. The topological polar surface area (TPSA) is 45.0 Å². The summed E-state index contributed by atoms with van der Waals surface area (Å²) in [6.45, 7) is 0.671. The van der Waals surface area contributed by atoms with Crippen molar-refractivity contribution >= 4 is 17.3 Å². The predicted molar refractivity (Wildman–Crippen MR) is 79.1 cm³/mol. The lowest BCUT2D eigenvalue weighted by atomic mass is 10.00. The molecule has 4 heteroatoms. The fourth-order valence-electron chi connectivity index (χ4n) is 2.39. The Morgan fingerprint density at radius 1 is 1.25 bits per heavy atom. The molecule has 0 aliphatic carbocycles. The van der Waals surface area contributed by atoms with E-state index in [-0.39, 0.29) is 6.04 Å². The summed E-state index contributed by atoms with van der Waals surface area (Å²) >= 11 is 6.20. The molecule has 1 aliphatic rings. The molecule has 0 spiro atoms. The number of rotatable bonds is 2. The van der Waals surface area contributed by atoms with Gasteiger partial charge in [-0.05, 0) is 24.3 Å². The summed E-state index contributed by atoms with van der Waals surface area (Å²) in [7, 11) is 0. The highest BCUT2D eigenvalue weighted by atomic mass is 35.5. The smallest absolute Gasteiger partial charge is 0.124 e. The fraction of sp³-hybridized carbons (Fsp3) is 0.188. The van der Waals surface area contributed by atoms with E-state index >= 15 is 0 Å². The molecule has 3 rings (SSSR count). The largest absolute Gasteiger partial charge is 0.493 e. The minimum Gasteiger partial charge on any atom is -0.493 e. The van der Waals surface area contributed by atoms with Crippen molar-refractivity contribution in [1.29, 1.82) is 5.26 Å². The molecule has 0 fully saturated rings. The van der Waals surface area contributed by atoms with Crippen LogP contribution in [0.2, 0.25) is 5.02 Å². The quantitative estimate of drug-likeness (QED) is 0.901. The van der Waals surface area contributed by atoms with Crippen LogP contribution in [-0.2, 0) is 0 Å². The van der Waals surface area contributed by atoms with E-state index in [1.165, 1.54) is 0 Å². The van der Waals surface area contributed by atoms with E-state index in [4.69, 9.17) is 21.6 Å². The lowest BCUT2D eigenvalue weighted by Crippen LogP contribution is -2.20. The summed E-state index contributed by atoms with van der Waals surface area (Å²) in [4.78, 5) is 0. The molecule has 0 amide bonds. The number of anilines is 1. The zero-order valence-electron chi connectivity index (χ0n) is 10.8. The Kier molecular flexibility index (Phi) is 3.49. The molecule has 20 heavy (non-hydrogen) atoms. The molecule has 0 radical (unpaired) electrons. The summed E-state index contributed by atoms with van der Waals surface area (Å²) < 4.78 is 5.64. The van der Waals surface area contributed by atoms with Crippen molar-refractivity contribution in [3.05, 3.63) is 58.6 Å². The SMILES string of the molecule is N#Cc1ccc(Cl)c(NC2CCOc3ccccc32)c1. The third-order valence-corrected chi connectivity index (χ3v) is 3.71. The Morgan fingerprint density at radius 3 is 2.95 bits per heavy atom. The molecule has 0 bridgehead atoms. The van der Waals surface area contributed by atoms with Crippen LogP contribution in [0.25, 0.3) is 0 Å². The summed E-state index contributed by atoms with van der Waals surface area (Å²) in [5.74, 6) is 0.906. The fourth-order valence-corrected chi connectivity index (χ4v) is 2.56. The Hall–Kier alpha value is -2.18. The van der Waals surface area contributed by atoms with Crippen molar-refractivity contribution in [3.63, 3.8) is 0 Å². The maximum Gasteiger partial charge on any atom is 0.124 e. The lowest BCUT2D eigenvalue weighted by molar-refractivity contribution is 0.274. The molecule has 1 unspecified atom stereocenters. The third kappa shape index (κ3) is 2.43. The summed E-state index contributed by atoms with van der Waals surface area (Å²) in [5.41, 5.74) is 2.50. The molecule has 2 aromatic carbocycles. The van der Waals surface area contributed by atoms with Gasteiger partial charge < -0.3 is 10.1 Å². The molecule has 1 aliphatic heterocycles. The van der Waals surface area contributed by atoms with Gasteiger partial charge >= 0.3 is 0 Å². The zero-order chi connectivity index (χ0) is 13.9. The minimum absolute atomic E-state index is 0.145. The first-order valence-electron chi connectivity index (χ1n) is 6.46. The van der Waals surface area contributed by atoms with Gasteiger partial charge in [0.1, 0.15) is 5.75 Å². The molecule has 0 saturated heterocycles. The Morgan fingerprint density at radius 2 is 2.10 bits per heavy atom. The highest BCUT2D eigenvalue weighted by Gasteiger charge is 2.21. The Labute approximate surface area is 122 Å². The van der Waals surface area contributed by atoms with E-state index < -0.39 is 0 Å². The van der Waals surface area contributed by atoms with Gasteiger partial charge in [-0.1, -0.05) is 29.8 Å². The number of hydrogen-bond acceptors (Lipinski definition) is 3. The van der Waals surface area contributed by atoms with E-state index in [1.54, 1.807) is 18.2 Å². The average molecular weight is 285 g/mol. The van der Waals surface area contributed by atoms with Crippen LogP contribution in [0.4, 0.5) is 5.69 Å². The van der Waals surface area contributed by atoms with Gasteiger partial charge in [0, 0.05) is 12.0 Å². The van der Waals surface area contributed by atoms with Crippen LogP contribution in [0.5, 0.6) is 5.75 Å². The van der Waals surface area contributed by atoms with Crippen LogP contribution in [-0.4, -0.2) is 6.61 Å². The van der Waals surface area contributed by atoms with E-state index in [0.717, 1.165) is 23.4 Å². The number of nitrogens with one attached hydrogen (secondary N) is 1. The molecule has 0 saturated carbocycles. The van der Waals surface area contributed by atoms with Crippen LogP contribution in [0.15, 0.2) is 42.5 Å². The third-order valence-electron chi connectivity index (χ3n) is 3.38. The number of benzene rings is 2. The highest BCUT2D eigenvalue weighted by Crippen LogP contribution is 2.35. The van der Waals surface area contributed by atoms with Crippen LogP contribution in [0.3, 0.4) is 0 Å². The molecule has 1 atom stereocenters. The standard InChI is InChI=1S/C16H13ClN2O/c17-13-6-5-11(10-18)9-15(13)19-14-7-8-20-16-4-2-1-3-12(14)16/h1-6,9,14,19H,7-8H2. The number of hydrogen-bond donors (Lipinski definition) is 1. The molecule has 2 aromatic rings. The highest BCUT2D eigenvalue weighted by molar-refractivity contribution is 6.33. The van der Waals surface area contributed by atoms with E-state index in [0.29, 0.717) is 17.2 Å². The maximum atomic E-state index is 8.98. The predicted octanol–water partition coefficient (Wildman–Crippen LogP) is 4.15. The van der Waals surface area contributed by atoms with Gasteiger partial charge in [-0.25, -0.2) is 0 Å². The van der Waals surface area contributed by atoms with Gasteiger partial charge in [0.2, 0.25) is 0 Å². The number of ether oxygens (including phenoxy) is 1. The number of nitriles is 1. The molecular weight excluding hydrogens is 272 g/mol. The molecular formula is C16H13ClN2O. The van der Waals surface area contributed by atoms with Crippen molar-refractivity contribution in [1.82, 2.24) is 0 Å². The Balaban J connectivity index is 1.91. The van der Waals surface area contributed by atoms with Gasteiger partial charge in [-0.15, -0.1) is 0 Å². The first kappa shape index (κ1) is 12.8. The second kappa shape index (κ2) is 5.44. The maximum absolute atomic E-state index is 8.98. The molecule has 0 aromatic heterocycles. The molecule has 1 N–H and O–H groups in total. The van der Waals surface area contributed by atoms with Gasteiger partial charge in [0.05, 0.1) is 35.0 Å². The number of para-hydroxylation sites is 1. The van der Waals surface area contributed by atoms with Gasteiger partial charge in [-0.3, -0.25) is 0 Å². The normalized spacial score (nSPS) is 16.7. The summed E-state index contributed by atoms with van der Waals surface area (Å²) in [5, 5.41) is 13.0. The molecule has 1 heterocycles. The molecule has 100 valence electrons. The first-order chi connectivity index (χ1) is 9.78. The van der Waals surface area contributed by atoms with Crippen molar-refractivity contribution in [3.8, 4) is 11.8 Å².